The average Bonchev–Trinajstić information content (AvgIpc) is 3.47. The number of rotatable bonds is 4. The first-order valence-corrected chi connectivity index (χ1v) is 11.1. The predicted molar refractivity (Wildman–Crippen MR) is 120 cm³/mol. The molecule has 1 aliphatic carbocycles. The summed E-state index contributed by atoms with van der Waals surface area (Å²) in [6.07, 6.45) is 3.10. The lowest BCUT2D eigenvalue weighted by Gasteiger charge is -2.09. The summed E-state index contributed by atoms with van der Waals surface area (Å²) >= 11 is 3.06. The summed E-state index contributed by atoms with van der Waals surface area (Å²) in [6, 6.07) is 11.4. The van der Waals surface area contributed by atoms with E-state index >= 15 is 0 Å². The van der Waals surface area contributed by atoms with E-state index in [0.29, 0.717) is 22.0 Å². The third-order valence-corrected chi connectivity index (χ3v) is 7.19. The van der Waals surface area contributed by atoms with Crippen molar-refractivity contribution in [3.8, 4) is 16.2 Å². The summed E-state index contributed by atoms with van der Waals surface area (Å²) in [7, 11) is 1.60. The molecule has 1 aliphatic rings. The number of thiophene rings is 2. The van der Waals surface area contributed by atoms with Crippen LogP contribution >= 0.6 is 22.7 Å². The number of fused-ring (bicyclic) bond motifs is 2. The quantitative estimate of drug-likeness (QED) is 0.465. The Bertz CT molecular complexity index is 1230. The fourth-order valence-electron chi connectivity index (χ4n) is 3.90. The number of benzene rings is 1. The molecule has 0 fully saturated rings. The second-order valence-corrected chi connectivity index (χ2v) is 8.90. The van der Waals surface area contributed by atoms with Crippen LogP contribution in [-0.4, -0.2) is 18.0 Å². The molecule has 7 heteroatoms. The molecule has 3 N–H and O–H groups in total. The summed E-state index contributed by atoms with van der Waals surface area (Å²) in [5, 5.41) is 5.91. The van der Waals surface area contributed by atoms with Crippen LogP contribution in [-0.2, 0) is 12.8 Å². The van der Waals surface area contributed by atoms with Gasteiger partial charge in [0, 0.05) is 33.3 Å². The minimum atomic E-state index is -0.226. The number of nitrogen functional groups attached to an aromatic ring is 1. The van der Waals surface area contributed by atoms with Crippen molar-refractivity contribution < 1.29 is 9.53 Å². The minimum absolute atomic E-state index is 0.226. The molecular formula is C22H19N3O2S2. The van der Waals surface area contributed by atoms with Gasteiger partial charge in [-0.2, -0.15) is 0 Å². The zero-order chi connectivity index (χ0) is 20.0. The van der Waals surface area contributed by atoms with Crippen molar-refractivity contribution in [1.29, 1.82) is 0 Å². The van der Waals surface area contributed by atoms with E-state index in [9.17, 15) is 4.79 Å². The lowest BCUT2D eigenvalue weighted by molar-refractivity contribution is 0.103. The van der Waals surface area contributed by atoms with Crippen LogP contribution in [0.2, 0.25) is 0 Å². The molecule has 146 valence electrons. The molecule has 4 aromatic rings. The van der Waals surface area contributed by atoms with Gasteiger partial charge < -0.3 is 15.8 Å². The fraction of sp³-hybridized carbons (Fsp3) is 0.182. The highest BCUT2D eigenvalue weighted by atomic mass is 32.1. The summed E-state index contributed by atoms with van der Waals surface area (Å²) in [6.45, 7) is 0. The fourth-order valence-corrected chi connectivity index (χ4v) is 5.72. The Kier molecular flexibility index (Phi) is 4.49. The number of methoxy groups -OCH3 is 1. The standard InChI is InChI=1S/C22H19N3O2S2/c1-27-13-6-2-5-12(11-13)24-21(26)20-19(23)18-17(16-9-4-10-28-16)14-7-3-8-15(14)25-22(18)29-20/h2,4-6,9-11H,3,7-8,23H2,1H3,(H,24,26). The zero-order valence-electron chi connectivity index (χ0n) is 15.8. The van der Waals surface area contributed by atoms with Gasteiger partial charge in [-0.15, -0.1) is 22.7 Å². The lowest BCUT2D eigenvalue weighted by Crippen LogP contribution is -2.12. The Morgan fingerprint density at radius 3 is 2.93 bits per heavy atom. The summed E-state index contributed by atoms with van der Waals surface area (Å²) in [4.78, 5) is 20.4. The molecule has 0 saturated carbocycles. The van der Waals surface area contributed by atoms with Crippen LogP contribution in [0.1, 0.15) is 27.3 Å². The van der Waals surface area contributed by atoms with Crippen molar-refractivity contribution in [3.05, 3.63) is 57.9 Å². The van der Waals surface area contributed by atoms with Crippen molar-refractivity contribution in [2.24, 2.45) is 0 Å². The van der Waals surface area contributed by atoms with Crippen LogP contribution in [0.15, 0.2) is 41.8 Å². The highest BCUT2D eigenvalue weighted by molar-refractivity contribution is 7.21. The van der Waals surface area contributed by atoms with Gasteiger partial charge in [0.2, 0.25) is 0 Å². The van der Waals surface area contributed by atoms with Gasteiger partial charge >= 0.3 is 0 Å². The van der Waals surface area contributed by atoms with Crippen LogP contribution < -0.4 is 15.8 Å². The smallest absolute Gasteiger partial charge is 0.267 e. The molecule has 0 radical (unpaired) electrons. The van der Waals surface area contributed by atoms with Crippen LogP contribution in [0.5, 0.6) is 5.75 Å². The molecule has 0 bridgehead atoms. The number of hydrogen-bond acceptors (Lipinski definition) is 6. The Morgan fingerprint density at radius 2 is 2.14 bits per heavy atom. The molecule has 3 aromatic heterocycles. The van der Waals surface area contributed by atoms with Crippen molar-refractivity contribution in [2.75, 3.05) is 18.2 Å². The van der Waals surface area contributed by atoms with Crippen LogP contribution in [0, 0.1) is 0 Å². The van der Waals surface area contributed by atoms with E-state index < -0.39 is 0 Å². The molecule has 0 spiro atoms. The summed E-state index contributed by atoms with van der Waals surface area (Å²) < 4.78 is 5.23. The molecule has 0 saturated heterocycles. The van der Waals surface area contributed by atoms with Gasteiger partial charge in [-0.05, 0) is 48.4 Å². The van der Waals surface area contributed by atoms with Crippen molar-refractivity contribution >= 4 is 50.2 Å². The number of nitrogens with one attached hydrogen (secondary N) is 1. The molecule has 0 aliphatic heterocycles. The van der Waals surface area contributed by atoms with Gasteiger partial charge in [0.05, 0.1) is 12.8 Å². The molecule has 3 heterocycles. The van der Waals surface area contributed by atoms with Crippen molar-refractivity contribution in [1.82, 2.24) is 4.98 Å². The van der Waals surface area contributed by atoms with Crippen LogP contribution in [0.3, 0.4) is 0 Å². The zero-order valence-corrected chi connectivity index (χ0v) is 17.5. The van der Waals surface area contributed by atoms with Gasteiger partial charge in [-0.25, -0.2) is 4.98 Å². The van der Waals surface area contributed by atoms with Crippen LogP contribution in [0.4, 0.5) is 11.4 Å². The van der Waals surface area contributed by atoms with Crippen molar-refractivity contribution in [3.63, 3.8) is 0 Å². The monoisotopic (exact) mass is 421 g/mol. The van der Waals surface area contributed by atoms with E-state index in [2.05, 4.69) is 16.8 Å². The number of aromatic nitrogens is 1. The first-order chi connectivity index (χ1) is 14.2. The molecule has 5 rings (SSSR count). The van der Waals surface area contributed by atoms with Gasteiger partial charge in [0.25, 0.3) is 5.91 Å². The highest BCUT2D eigenvalue weighted by Gasteiger charge is 2.26. The minimum Gasteiger partial charge on any atom is -0.497 e. The maximum Gasteiger partial charge on any atom is 0.267 e. The number of carbonyl (C=O) groups excluding carboxylic acids is 1. The number of nitrogens with two attached hydrogens (primary N) is 1. The van der Waals surface area contributed by atoms with E-state index in [-0.39, 0.29) is 5.91 Å². The van der Waals surface area contributed by atoms with Gasteiger partial charge in [0.15, 0.2) is 0 Å². The van der Waals surface area contributed by atoms with E-state index in [4.69, 9.17) is 15.5 Å². The lowest BCUT2D eigenvalue weighted by atomic mass is 10.0. The maximum atomic E-state index is 13.0. The SMILES string of the molecule is COc1cccc(NC(=O)c2sc3nc4c(c(-c5cccs5)c3c2N)CCC4)c1. The number of ether oxygens (including phenoxy) is 1. The van der Waals surface area contributed by atoms with Gasteiger partial charge in [-0.3, -0.25) is 4.79 Å². The predicted octanol–water partition coefficient (Wildman–Crippen LogP) is 5.36. The molecule has 0 atom stereocenters. The highest BCUT2D eigenvalue weighted by Crippen LogP contribution is 2.45. The normalized spacial score (nSPS) is 12.9. The van der Waals surface area contributed by atoms with E-state index in [1.165, 1.54) is 21.8 Å². The second kappa shape index (κ2) is 7.17. The largest absolute Gasteiger partial charge is 0.497 e. The Hall–Kier alpha value is -2.90. The Morgan fingerprint density at radius 1 is 1.24 bits per heavy atom. The Labute approximate surface area is 176 Å². The molecule has 5 nitrogen and oxygen atoms in total. The topological polar surface area (TPSA) is 77.2 Å². The number of amides is 1. The second-order valence-electron chi connectivity index (χ2n) is 6.95. The molecule has 1 amide bonds. The first-order valence-electron chi connectivity index (χ1n) is 9.38. The number of anilines is 2. The molecule has 1 aromatic carbocycles. The van der Waals surface area contributed by atoms with Crippen LogP contribution in [0.25, 0.3) is 20.7 Å². The Balaban J connectivity index is 1.62. The molecule has 29 heavy (non-hydrogen) atoms. The first kappa shape index (κ1) is 18.1. The summed E-state index contributed by atoms with van der Waals surface area (Å²) in [5.74, 6) is 0.459. The number of carbonyl (C=O) groups is 1. The average molecular weight is 422 g/mol. The number of nitrogens with zero attached hydrogens (tertiary/aromatic N) is 1. The maximum absolute atomic E-state index is 13.0. The third-order valence-electron chi connectivity index (χ3n) is 5.20. The molecular weight excluding hydrogens is 402 g/mol. The van der Waals surface area contributed by atoms with E-state index in [1.54, 1.807) is 24.5 Å². The summed E-state index contributed by atoms with van der Waals surface area (Å²) in [5.41, 5.74) is 11.3. The van der Waals surface area contributed by atoms with Crippen molar-refractivity contribution in [2.45, 2.75) is 19.3 Å². The van der Waals surface area contributed by atoms with E-state index in [1.807, 2.05) is 24.3 Å². The van der Waals surface area contributed by atoms with Gasteiger partial charge in [0.1, 0.15) is 15.5 Å². The van der Waals surface area contributed by atoms with Gasteiger partial charge in [-0.1, -0.05) is 12.1 Å². The third kappa shape index (κ3) is 3.07. The number of hydrogen-bond donors (Lipinski definition) is 2. The molecule has 0 unspecified atom stereocenters. The number of pyridine rings is 1. The number of aryl methyl sites for hydroxylation is 1. The van der Waals surface area contributed by atoms with E-state index in [0.717, 1.165) is 40.7 Å².